The zero-order valence-corrected chi connectivity index (χ0v) is 16.9. The molecule has 1 aliphatic carbocycles. The molecule has 2 N–H and O–H groups in total. The lowest BCUT2D eigenvalue weighted by Gasteiger charge is -2.16. The van der Waals surface area contributed by atoms with Gasteiger partial charge in [-0.25, -0.2) is 0 Å². The molecular formula is C22H34O5. The molecule has 1 rings (SSSR count). The summed E-state index contributed by atoms with van der Waals surface area (Å²) in [6.45, 7) is 4.12. The molecule has 0 heterocycles. The van der Waals surface area contributed by atoms with Crippen molar-refractivity contribution in [3.63, 3.8) is 0 Å². The van der Waals surface area contributed by atoms with Crippen LogP contribution in [0.1, 0.15) is 71.6 Å². The average Bonchev–Trinajstić information content (AvgIpc) is 2.90. The summed E-state index contributed by atoms with van der Waals surface area (Å²) in [7, 11) is 1.39. The number of hydrogen-bond acceptors (Lipinski definition) is 5. The van der Waals surface area contributed by atoms with Gasteiger partial charge in [-0.15, -0.1) is 0 Å². The van der Waals surface area contributed by atoms with Crippen LogP contribution in [0, 0.1) is 5.92 Å². The fourth-order valence-corrected chi connectivity index (χ4v) is 3.25. The number of hydrogen-bond donors (Lipinski definition) is 2. The van der Waals surface area contributed by atoms with Crippen molar-refractivity contribution in [1.82, 2.24) is 0 Å². The first-order chi connectivity index (χ1) is 12.9. The van der Waals surface area contributed by atoms with Crippen LogP contribution >= 0.6 is 0 Å². The second kappa shape index (κ2) is 12.5. The first-order valence-corrected chi connectivity index (χ1v) is 10.0. The van der Waals surface area contributed by atoms with Crippen molar-refractivity contribution >= 4 is 11.8 Å². The molecular weight excluding hydrogens is 344 g/mol. The van der Waals surface area contributed by atoms with Crippen molar-refractivity contribution in [1.29, 1.82) is 0 Å². The van der Waals surface area contributed by atoms with E-state index in [1.165, 1.54) is 13.2 Å². The summed E-state index contributed by atoms with van der Waals surface area (Å²) in [6.07, 6.45) is 11.4. The molecule has 5 heteroatoms. The molecule has 0 aliphatic heterocycles. The standard InChI is InChI=1S/C22H34O5/c1-4-10-16(2)19(23)13-9-12-18-17(20(24)15-21(18)25)11-7-5-6-8-14-22(26)27-3/h9,12,15-16,19,23-24H,4-8,10-11,13-14H2,1-3H3/b12-9+/t16-,19+/m1/s1. The van der Waals surface area contributed by atoms with Gasteiger partial charge in [0.1, 0.15) is 5.76 Å². The summed E-state index contributed by atoms with van der Waals surface area (Å²) in [5.41, 5.74) is 1.21. The number of carbonyl (C=O) groups is 2. The average molecular weight is 379 g/mol. The van der Waals surface area contributed by atoms with E-state index in [1.54, 1.807) is 6.08 Å². The van der Waals surface area contributed by atoms with Crippen LogP contribution in [0.15, 0.2) is 35.1 Å². The third-order valence-electron chi connectivity index (χ3n) is 5.02. The number of aliphatic hydroxyl groups is 2. The molecule has 0 aromatic heterocycles. The number of ether oxygens (including phenoxy) is 1. The van der Waals surface area contributed by atoms with Gasteiger partial charge >= 0.3 is 5.97 Å². The Morgan fingerprint density at radius 2 is 1.96 bits per heavy atom. The monoisotopic (exact) mass is 378 g/mol. The van der Waals surface area contributed by atoms with Gasteiger partial charge in [0.25, 0.3) is 0 Å². The quantitative estimate of drug-likeness (QED) is 0.362. The van der Waals surface area contributed by atoms with E-state index in [9.17, 15) is 19.8 Å². The van der Waals surface area contributed by atoms with E-state index in [4.69, 9.17) is 0 Å². The van der Waals surface area contributed by atoms with Gasteiger partial charge in [-0.3, -0.25) is 9.59 Å². The second-order valence-corrected chi connectivity index (χ2v) is 7.25. The Labute approximate surface area is 162 Å². The molecule has 0 saturated carbocycles. The number of esters is 1. The number of methoxy groups -OCH3 is 1. The summed E-state index contributed by atoms with van der Waals surface area (Å²) in [5.74, 6) is -0.0962. The normalized spacial score (nSPS) is 16.7. The fraction of sp³-hybridized carbons (Fsp3) is 0.636. The highest BCUT2D eigenvalue weighted by Crippen LogP contribution is 2.28. The lowest BCUT2D eigenvalue weighted by Crippen LogP contribution is -2.16. The SMILES string of the molecule is CCC[C@@H](C)[C@@H](O)C/C=C/C1=C(CCCCCCC(=O)OC)C(O)=CC1=O. The van der Waals surface area contributed by atoms with E-state index in [2.05, 4.69) is 11.7 Å². The largest absolute Gasteiger partial charge is 0.508 e. The molecule has 0 unspecified atom stereocenters. The Balaban J connectivity index is 2.51. The summed E-state index contributed by atoms with van der Waals surface area (Å²) < 4.78 is 4.61. The number of rotatable bonds is 13. The van der Waals surface area contributed by atoms with Crippen molar-refractivity contribution in [2.75, 3.05) is 7.11 Å². The molecule has 0 aromatic carbocycles. The molecule has 27 heavy (non-hydrogen) atoms. The summed E-state index contributed by atoms with van der Waals surface area (Å²) in [6, 6.07) is 0. The number of allylic oxidation sites excluding steroid dienone is 4. The van der Waals surface area contributed by atoms with Gasteiger partial charge in [0.2, 0.25) is 0 Å². The van der Waals surface area contributed by atoms with E-state index < -0.39 is 6.10 Å². The van der Waals surface area contributed by atoms with Gasteiger partial charge in [-0.05, 0) is 38.0 Å². The summed E-state index contributed by atoms with van der Waals surface area (Å²) in [5, 5.41) is 20.2. The zero-order valence-electron chi connectivity index (χ0n) is 16.9. The first kappa shape index (κ1) is 23.2. The minimum atomic E-state index is -0.418. The highest BCUT2D eigenvalue weighted by atomic mass is 16.5. The molecule has 5 nitrogen and oxygen atoms in total. The molecule has 0 spiro atoms. The van der Waals surface area contributed by atoms with Gasteiger partial charge < -0.3 is 14.9 Å². The van der Waals surface area contributed by atoms with E-state index >= 15 is 0 Å². The number of aliphatic hydroxyl groups excluding tert-OH is 2. The minimum absolute atomic E-state index is 0.0501. The van der Waals surface area contributed by atoms with Crippen LogP contribution in [0.25, 0.3) is 0 Å². The van der Waals surface area contributed by atoms with Crippen LogP contribution in [0.3, 0.4) is 0 Å². The highest BCUT2D eigenvalue weighted by Gasteiger charge is 2.22. The van der Waals surface area contributed by atoms with E-state index in [1.807, 2.05) is 13.0 Å². The van der Waals surface area contributed by atoms with Crippen molar-refractivity contribution in [2.24, 2.45) is 5.92 Å². The molecule has 0 amide bonds. The molecule has 2 atom stereocenters. The number of carbonyl (C=O) groups excluding carboxylic acids is 2. The van der Waals surface area contributed by atoms with E-state index in [0.717, 1.165) is 38.5 Å². The Bertz CT molecular complexity index is 586. The molecule has 0 radical (unpaired) electrons. The second-order valence-electron chi connectivity index (χ2n) is 7.25. The third-order valence-corrected chi connectivity index (χ3v) is 5.02. The van der Waals surface area contributed by atoms with Crippen molar-refractivity contribution < 1.29 is 24.5 Å². The van der Waals surface area contributed by atoms with Gasteiger partial charge in [-0.1, -0.05) is 45.3 Å². The zero-order chi connectivity index (χ0) is 20.2. The number of unbranched alkanes of at least 4 members (excludes halogenated alkanes) is 3. The predicted octanol–water partition coefficient (Wildman–Crippen LogP) is 4.56. The van der Waals surface area contributed by atoms with Gasteiger partial charge in [-0.2, -0.15) is 0 Å². The Morgan fingerprint density at radius 3 is 2.63 bits per heavy atom. The third kappa shape index (κ3) is 8.12. The summed E-state index contributed by atoms with van der Waals surface area (Å²) in [4.78, 5) is 23.2. The number of ketones is 1. The van der Waals surface area contributed by atoms with Gasteiger partial charge in [0, 0.05) is 23.6 Å². The van der Waals surface area contributed by atoms with Crippen molar-refractivity contribution in [3.8, 4) is 0 Å². The maximum Gasteiger partial charge on any atom is 0.305 e. The van der Waals surface area contributed by atoms with E-state index in [0.29, 0.717) is 30.4 Å². The van der Waals surface area contributed by atoms with Crippen LogP contribution in [0.2, 0.25) is 0 Å². The Morgan fingerprint density at radius 1 is 1.26 bits per heavy atom. The van der Waals surface area contributed by atoms with Crippen LogP contribution < -0.4 is 0 Å². The van der Waals surface area contributed by atoms with Gasteiger partial charge in [0.15, 0.2) is 5.78 Å². The molecule has 0 aromatic rings. The molecule has 0 saturated heterocycles. The van der Waals surface area contributed by atoms with Crippen LogP contribution in [0.5, 0.6) is 0 Å². The first-order valence-electron chi connectivity index (χ1n) is 10.0. The topological polar surface area (TPSA) is 83.8 Å². The summed E-state index contributed by atoms with van der Waals surface area (Å²) >= 11 is 0. The fourth-order valence-electron chi connectivity index (χ4n) is 3.25. The van der Waals surface area contributed by atoms with Crippen molar-refractivity contribution in [2.45, 2.75) is 77.7 Å². The molecule has 152 valence electrons. The Kier molecular flexibility index (Phi) is 10.7. The molecule has 0 bridgehead atoms. The highest BCUT2D eigenvalue weighted by molar-refractivity contribution is 6.10. The molecule has 0 fully saturated rings. The minimum Gasteiger partial charge on any atom is -0.508 e. The maximum absolute atomic E-state index is 12.1. The smallest absolute Gasteiger partial charge is 0.305 e. The van der Waals surface area contributed by atoms with Crippen LogP contribution in [-0.2, 0) is 14.3 Å². The van der Waals surface area contributed by atoms with E-state index in [-0.39, 0.29) is 23.4 Å². The Hall–Kier alpha value is -1.88. The maximum atomic E-state index is 12.1. The lowest BCUT2D eigenvalue weighted by molar-refractivity contribution is -0.140. The van der Waals surface area contributed by atoms with Crippen molar-refractivity contribution in [3.05, 3.63) is 35.1 Å². The van der Waals surface area contributed by atoms with Crippen LogP contribution in [-0.4, -0.2) is 35.2 Å². The van der Waals surface area contributed by atoms with Gasteiger partial charge in [0.05, 0.1) is 13.2 Å². The van der Waals surface area contributed by atoms with Crippen LogP contribution in [0.4, 0.5) is 0 Å². The molecule has 1 aliphatic rings. The predicted molar refractivity (Wildman–Crippen MR) is 106 cm³/mol. The lowest BCUT2D eigenvalue weighted by atomic mass is 9.96.